The second-order valence-corrected chi connectivity index (χ2v) is 7.17. The number of ether oxygens (including phenoxy) is 1. The topological polar surface area (TPSA) is 41.6 Å². The van der Waals surface area contributed by atoms with Crippen LogP contribution in [0.25, 0.3) is 0 Å². The highest BCUT2D eigenvalue weighted by molar-refractivity contribution is 5.79. The number of rotatable bonds is 4. The highest BCUT2D eigenvalue weighted by atomic mass is 16.5. The molecule has 1 aliphatic carbocycles. The zero-order valence-electron chi connectivity index (χ0n) is 13.9. The summed E-state index contributed by atoms with van der Waals surface area (Å²) in [6.45, 7) is 11.2. The normalized spacial score (nSPS) is 31.1. The van der Waals surface area contributed by atoms with E-state index in [1.807, 2.05) is 0 Å². The van der Waals surface area contributed by atoms with Crippen LogP contribution in [0.5, 0.6) is 0 Å². The first kappa shape index (κ1) is 16.5. The molecule has 1 fully saturated rings. The molecule has 0 aromatic heterocycles. The van der Waals surface area contributed by atoms with Gasteiger partial charge in [0, 0.05) is 31.1 Å². The summed E-state index contributed by atoms with van der Waals surface area (Å²) >= 11 is 0. The fourth-order valence-electron chi connectivity index (χ4n) is 3.26. The third-order valence-corrected chi connectivity index (χ3v) is 4.61. The van der Waals surface area contributed by atoms with Crippen LogP contribution < -0.4 is 5.32 Å². The van der Waals surface area contributed by atoms with E-state index in [1.165, 1.54) is 0 Å². The van der Waals surface area contributed by atoms with Gasteiger partial charge in [-0.3, -0.25) is 9.69 Å². The van der Waals surface area contributed by atoms with Gasteiger partial charge < -0.3 is 10.1 Å². The monoisotopic (exact) mass is 294 g/mol. The minimum absolute atomic E-state index is 0.0353. The number of amides is 1. The first-order valence-corrected chi connectivity index (χ1v) is 8.21. The van der Waals surface area contributed by atoms with E-state index in [1.54, 1.807) is 0 Å². The van der Waals surface area contributed by atoms with Crippen LogP contribution in [0.3, 0.4) is 0 Å². The molecular formula is C17H30N2O2. The van der Waals surface area contributed by atoms with Crippen molar-refractivity contribution in [3.63, 3.8) is 0 Å². The van der Waals surface area contributed by atoms with E-state index in [0.717, 1.165) is 32.4 Å². The molecule has 0 aromatic carbocycles. The molecule has 2 rings (SSSR count). The molecule has 3 atom stereocenters. The zero-order chi connectivity index (χ0) is 15.5. The molecule has 1 N–H and O–H groups in total. The molecule has 4 heteroatoms. The smallest absolute Gasteiger partial charge is 0.223 e. The Balaban J connectivity index is 1.85. The van der Waals surface area contributed by atoms with Gasteiger partial charge in [-0.2, -0.15) is 0 Å². The molecule has 1 amide bonds. The number of allylic oxidation sites excluding steroid dienone is 2. The minimum Gasteiger partial charge on any atom is -0.373 e. The van der Waals surface area contributed by atoms with Gasteiger partial charge in [-0.25, -0.2) is 0 Å². The minimum atomic E-state index is -0.0353. The second-order valence-electron chi connectivity index (χ2n) is 7.17. The lowest BCUT2D eigenvalue weighted by atomic mass is 9.93. The Kier molecular flexibility index (Phi) is 5.44. The first-order chi connectivity index (χ1) is 9.88. The van der Waals surface area contributed by atoms with E-state index < -0.39 is 0 Å². The highest BCUT2D eigenvalue weighted by Crippen LogP contribution is 2.22. The van der Waals surface area contributed by atoms with E-state index >= 15 is 0 Å². The van der Waals surface area contributed by atoms with E-state index in [2.05, 4.69) is 50.1 Å². The van der Waals surface area contributed by atoms with Gasteiger partial charge in [0.2, 0.25) is 5.91 Å². The van der Waals surface area contributed by atoms with Gasteiger partial charge in [-0.05, 0) is 47.0 Å². The number of carbonyl (C=O) groups is 1. The molecule has 0 radical (unpaired) electrons. The van der Waals surface area contributed by atoms with Crippen LogP contribution in [0.4, 0.5) is 0 Å². The van der Waals surface area contributed by atoms with Crippen molar-refractivity contribution in [2.45, 2.75) is 64.7 Å². The van der Waals surface area contributed by atoms with Crippen LogP contribution in [0.2, 0.25) is 0 Å². The van der Waals surface area contributed by atoms with Crippen LogP contribution in [-0.4, -0.2) is 48.2 Å². The number of hydrogen-bond acceptors (Lipinski definition) is 3. The van der Waals surface area contributed by atoms with Gasteiger partial charge in [0.15, 0.2) is 0 Å². The molecule has 4 nitrogen and oxygen atoms in total. The SMILES string of the molecule is CC1CN(C(C)(C)CNC(=O)C2CC=CCC2)CC(C)O1. The predicted octanol–water partition coefficient (Wildman–Crippen LogP) is 2.35. The quantitative estimate of drug-likeness (QED) is 0.809. The maximum absolute atomic E-state index is 12.3. The van der Waals surface area contributed by atoms with Crippen molar-refractivity contribution in [2.75, 3.05) is 19.6 Å². The van der Waals surface area contributed by atoms with Crippen molar-refractivity contribution in [1.29, 1.82) is 0 Å². The summed E-state index contributed by atoms with van der Waals surface area (Å²) < 4.78 is 5.80. The first-order valence-electron chi connectivity index (χ1n) is 8.21. The fraction of sp³-hybridized carbons (Fsp3) is 0.824. The zero-order valence-corrected chi connectivity index (χ0v) is 13.9. The maximum Gasteiger partial charge on any atom is 0.223 e. The molecule has 0 saturated carbocycles. The predicted molar refractivity (Wildman–Crippen MR) is 85.2 cm³/mol. The molecule has 1 saturated heterocycles. The fourth-order valence-corrected chi connectivity index (χ4v) is 3.26. The number of hydrogen-bond donors (Lipinski definition) is 1. The molecule has 1 heterocycles. The Morgan fingerprint density at radius 3 is 2.52 bits per heavy atom. The van der Waals surface area contributed by atoms with Crippen molar-refractivity contribution >= 4 is 5.91 Å². The maximum atomic E-state index is 12.3. The van der Waals surface area contributed by atoms with E-state index in [0.29, 0.717) is 6.54 Å². The lowest BCUT2D eigenvalue weighted by Crippen LogP contribution is -2.59. The Labute approximate surface area is 128 Å². The Bertz CT molecular complexity index is 382. The second kappa shape index (κ2) is 6.93. The summed E-state index contributed by atoms with van der Waals surface area (Å²) in [6, 6.07) is 0. The number of morpholine rings is 1. The summed E-state index contributed by atoms with van der Waals surface area (Å²) in [7, 11) is 0. The van der Waals surface area contributed by atoms with Crippen molar-refractivity contribution in [3.8, 4) is 0 Å². The summed E-state index contributed by atoms with van der Waals surface area (Å²) in [6.07, 6.45) is 7.71. The van der Waals surface area contributed by atoms with Crippen LogP contribution in [0.1, 0.15) is 47.0 Å². The lowest BCUT2D eigenvalue weighted by molar-refractivity contribution is -0.126. The van der Waals surface area contributed by atoms with E-state index in [-0.39, 0.29) is 29.6 Å². The lowest BCUT2D eigenvalue weighted by Gasteiger charge is -2.45. The molecule has 3 unspecified atom stereocenters. The third kappa shape index (κ3) is 4.55. The Hall–Kier alpha value is -0.870. The Morgan fingerprint density at radius 2 is 1.95 bits per heavy atom. The molecule has 0 spiro atoms. The van der Waals surface area contributed by atoms with Crippen LogP contribution in [-0.2, 0) is 9.53 Å². The van der Waals surface area contributed by atoms with Gasteiger partial charge in [0.25, 0.3) is 0 Å². The van der Waals surface area contributed by atoms with Crippen molar-refractivity contribution in [2.24, 2.45) is 5.92 Å². The van der Waals surface area contributed by atoms with Crippen molar-refractivity contribution in [1.82, 2.24) is 10.2 Å². The third-order valence-electron chi connectivity index (χ3n) is 4.61. The van der Waals surface area contributed by atoms with Gasteiger partial charge in [-0.15, -0.1) is 0 Å². The molecule has 0 aromatic rings. The summed E-state index contributed by atoms with van der Waals surface area (Å²) in [5, 5.41) is 3.16. The van der Waals surface area contributed by atoms with E-state index in [9.17, 15) is 4.79 Å². The standard InChI is InChI=1S/C17H30N2O2/c1-13-10-19(11-14(2)21-13)17(3,4)12-18-16(20)15-8-6-5-7-9-15/h5-6,13-15H,7-12H2,1-4H3,(H,18,20). The van der Waals surface area contributed by atoms with Crippen molar-refractivity contribution in [3.05, 3.63) is 12.2 Å². The average Bonchev–Trinajstić information content (AvgIpc) is 2.45. The number of carbonyl (C=O) groups excluding carboxylic acids is 1. The molecular weight excluding hydrogens is 264 g/mol. The molecule has 0 bridgehead atoms. The van der Waals surface area contributed by atoms with Gasteiger partial charge in [-0.1, -0.05) is 12.2 Å². The number of nitrogens with one attached hydrogen (secondary N) is 1. The largest absolute Gasteiger partial charge is 0.373 e. The van der Waals surface area contributed by atoms with E-state index in [4.69, 9.17) is 4.74 Å². The summed E-state index contributed by atoms with van der Waals surface area (Å²) in [5.74, 6) is 0.370. The van der Waals surface area contributed by atoms with Crippen LogP contribution in [0, 0.1) is 5.92 Å². The molecule has 2 aliphatic rings. The van der Waals surface area contributed by atoms with Gasteiger partial charge >= 0.3 is 0 Å². The van der Waals surface area contributed by atoms with Gasteiger partial charge in [0.1, 0.15) is 0 Å². The summed E-state index contributed by atoms with van der Waals surface area (Å²) in [5.41, 5.74) is -0.0353. The molecule has 120 valence electrons. The van der Waals surface area contributed by atoms with Crippen molar-refractivity contribution < 1.29 is 9.53 Å². The highest BCUT2D eigenvalue weighted by Gasteiger charge is 2.33. The van der Waals surface area contributed by atoms with Crippen LogP contribution >= 0.6 is 0 Å². The summed E-state index contributed by atoms with van der Waals surface area (Å²) in [4.78, 5) is 14.7. The molecule has 21 heavy (non-hydrogen) atoms. The van der Waals surface area contributed by atoms with Gasteiger partial charge in [0.05, 0.1) is 12.2 Å². The average molecular weight is 294 g/mol. The Morgan fingerprint density at radius 1 is 1.29 bits per heavy atom. The number of nitrogens with zero attached hydrogens (tertiary/aromatic N) is 1. The van der Waals surface area contributed by atoms with Crippen LogP contribution in [0.15, 0.2) is 12.2 Å². The molecule has 1 aliphatic heterocycles.